The fourth-order valence-corrected chi connectivity index (χ4v) is 8.00. The first kappa shape index (κ1) is 42.7. The second-order valence-electron chi connectivity index (χ2n) is 15.4. The maximum Gasteiger partial charge on any atom is 0.220 e. The molecule has 2 atom stereocenters. The van der Waals surface area contributed by atoms with Crippen LogP contribution in [-0.4, -0.2) is 115 Å². The number of aliphatic hydroxyl groups excluding tert-OH is 6. The summed E-state index contributed by atoms with van der Waals surface area (Å²) < 4.78 is 0. The number of aromatic amines is 2. The highest BCUT2D eigenvalue weighted by Gasteiger charge is 2.33. The summed E-state index contributed by atoms with van der Waals surface area (Å²) in [4.78, 5) is 33.7. The number of aromatic nitrogens is 2. The first-order valence-electron chi connectivity index (χ1n) is 19.5. The lowest BCUT2D eigenvalue weighted by Crippen LogP contribution is -2.57. The van der Waals surface area contributed by atoms with E-state index in [-0.39, 0.29) is 24.9 Å². The van der Waals surface area contributed by atoms with Crippen molar-refractivity contribution in [3.63, 3.8) is 0 Å². The zero-order valence-corrected chi connectivity index (χ0v) is 33.4. The van der Waals surface area contributed by atoms with Crippen LogP contribution in [0.25, 0.3) is 24.3 Å². The molecule has 0 fully saturated rings. The van der Waals surface area contributed by atoms with Crippen molar-refractivity contribution in [2.24, 2.45) is 0 Å². The minimum absolute atomic E-state index is 0.0168. The Morgan fingerprint density at radius 3 is 1.73 bits per heavy atom. The molecule has 3 aliphatic heterocycles. The smallest absolute Gasteiger partial charge is 0.220 e. The Hall–Kier alpha value is -4.44. The predicted molar refractivity (Wildman–Crippen MR) is 216 cm³/mol. The fourth-order valence-electron chi connectivity index (χ4n) is 8.00. The summed E-state index contributed by atoms with van der Waals surface area (Å²) in [5.74, 6) is -0.866. The van der Waals surface area contributed by atoms with E-state index in [9.17, 15) is 40.2 Å². The van der Waals surface area contributed by atoms with Crippen LogP contribution in [0.4, 0.5) is 0 Å². The molecule has 2 unspecified atom stereocenters. The summed E-state index contributed by atoms with van der Waals surface area (Å²) in [6.45, 7) is 8.89. The maximum atomic E-state index is 13.2. The van der Waals surface area contributed by atoms with Crippen molar-refractivity contribution in [3.8, 4) is 0 Å². The summed E-state index contributed by atoms with van der Waals surface area (Å²) in [6, 6.07) is -0.249. The molecule has 0 saturated heterocycles. The summed E-state index contributed by atoms with van der Waals surface area (Å²) >= 11 is 0. The third-order valence-electron chi connectivity index (χ3n) is 11.9. The molecule has 14 heteroatoms. The molecule has 0 aromatic carbocycles. The molecule has 12 N–H and O–H groups in total. The maximum absolute atomic E-state index is 13.2. The summed E-state index contributed by atoms with van der Waals surface area (Å²) in [5, 5.41) is 73.5. The Labute approximate surface area is 327 Å². The first-order chi connectivity index (χ1) is 26.7. The quantitative estimate of drug-likeness (QED) is 0.108. The van der Waals surface area contributed by atoms with Crippen molar-refractivity contribution < 1.29 is 40.2 Å². The Kier molecular flexibility index (Phi) is 13.6. The Balaban J connectivity index is 1.65. The molecule has 306 valence electrons. The molecule has 0 spiro atoms. The van der Waals surface area contributed by atoms with Crippen LogP contribution < -0.4 is 32.0 Å². The highest BCUT2D eigenvalue weighted by atomic mass is 16.3. The van der Waals surface area contributed by atoms with Crippen molar-refractivity contribution in [1.82, 2.24) is 31.2 Å². The van der Waals surface area contributed by atoms with E-state index < -0.39 is 62.5 Å². The lowest BCUT2D eigenvalue weighted by atomic mass is 9.97. The number of fused-ring (bicyclic) bond motifs is 8. The molecule has 56 heavy (non-hydrogen) atoms. The largest absolute Gasteiger partial charge is 0.394 e. The van der Waals surface area contributed by atoms with Gasteiger partial charge in [0.1, 0.15) is 11.1 Å². The van der Waals surface area contributed by atoms with E-state index in [0.29, 0.717) is 12.8 Å². The number of hydrogen-bond acceptors (Lipinski definition) is 10. The molecule has 2 aromatic heterocycles. The highest BCUT2D eigenvalue weighted by molar-refractivity contribution is 5.79. The zero-order chi connectivity index (χ0) is 40.9. The van der Waals surface area contributed by atoms with Gasteiger partial charge in [-0.2, -0.15) is 0 Å². The van der Waals surface area contributed by atoms with Gasteiger partial charge in [0, 0.05) is 46.3 Å². The van der Waals surface area contributed by atoms with Crippen molar-refractivity contribution >= 4 is 36.1 Å². The van der Waals surface area contributed by atoms with Gasteiger partial charge in [-0.15, -0.1) is 0 Å². The molecule has 8 bridgehead atoms. The number of carbonyl (C=O) groups is 2. The molecular weight excluding hydrogens is 716 g/mol. The van der Waals surface area contributed by atoms with Crippen LogP contribution in [0, 0.1) is 13.8 Å². The summed E-state index contributed by atoms with van der Waals surface area (Å²) in [6.07, 6.45) is 10.9. The van der Waals surface area contributed by atoms with Gasteiger partial charge in [-0.05, 0) is 122 Å². The van der Waals surface area contributed by atoms with Gasteiger partial charge < -0.3 is 61.9 Å². The number of rotatable bonds is 16. The molecular formula is C42H60N6O8. The van der Waals surface area contributed by atoms with Crippen LogP contribution in [0.15, 0.2) is 33.7 Å². The Bertz CT molecular complexity index is 2040. The second-order valence-corrected chi connectivity index (χ2v) is 15.4. The number of H-pyrrole nitrogens is 2. The van der Waals surface area contributed by atoms with E-state index in [1.807, 2.05) is 19.9 Å². The normalized spacial score (nSPS) is 21.3. The molecule has 0 aliphatic carbocycles. The number of amides is 2. The van der Waals surface area contributed by atoms with E-state index in [0.717, 1.165) is 68.6 Å². The van der Waals surface area contributed by atoms with Crippen molar-refractivity contribution in [3.05, 3.63) is 78.0 Å². The van der Waals surface area contributed by atoms with Gasteiger partial charge in [0.2, 0.25) is 11.8 Å². The van der Waals surface area contributed by atoms with E-state index >= 15 is 0 Å². The number of hydrogen-bond donors (Lipinski definition) is 12. The molecule has 14 nitrogen and oxygen atoms in total. The molecule has 2 aromatic rings. The number of allylic oxidation sites excluding steroid dienone is 2. The average Bonchev–Trinajstić information content (AvgIpc) is 3.86. The van der Waals surface area contributed by atoms with Gasteiger partial charge in [-0.1, -0.05) is 13.8 Å². The fraction of sp³-hybridized carbons (Fsp3) is 0.524. The van der Waals surface area contributed by atoms with Crippen molar-refractivity contribution in [1.29, 1.82) is 0 Å². The van der Waals surface area contributed by atoms with Crippen LogP contribution in [0.3, 0.4) is 0 Å². The van der Waals surface area contributed by atoms with Crippen LogP contribution >= 0.6 is 0 Å². The summed E-state index contributed by atoms with van der Waals surface area (Å²) in [7, 11) is 0. The van der Waals surface area contributed by atoms with Crippen LogP contribution in [0.2, 0.25) is 0 Å². The third-order valence-corrected chi connectivity index (χ3v) is 11.9. The lowest BCUT2D eigenvalue weighted by molar-refractivity contribution is -0.126. The van der Waals surface area contributed by atoms with Gasteiger partial charge in [0.05, 0.1) is 51.7 Å². The molecule has 3 aliphatic rings. The molecule has 2 amide bonds. The van der Waals surface area contributed by atoms with Gasteiger partial charge >= 0.3 is 0 Å². The average molecular weight is 777 g/mol. The number of nitrogens with one attached hydrogen (secondary N) is 6. The van der Waals surface area contributed by atoms with Gasteiger partial charge in [-0.25, -0.2) is 0 Å². The SMILES string of the molecule is CCC1=C(C)/C2=C/c3[nH]c(c(CCC(=O)NC(CO)(CO)CO)c3C)/C=C3\NC(/C=c4\[nH]/c(c(C)c4CC)=C\C1N2)C(C)=C3CCC(=O)NC(CO)(CO)CO. The van der Waals surface area contributed by atoms with Gasteiger partial charge in [0.15, 0.2) is 0 Å². The topological polar surface area (TPSA) is 235 Å². The van der Waals surface area contributed by atoms with E-state index in [1.54, 1.807) is 0 Å². The second kappa shape index (κ2) is 17.8. The molecule has 5 rings (SSSR count). The van der Waals surface area contributed by atoms with Gasteiger partial charge in [-0.3, -0.25) is 9.59 Å². The predicted octanol–water partition coefficient (Wildman–Crippen LogP) is -0.158. The van der Waals surface area contributed by atoms with E-state index in [4.69, 9.17) is 0 Å². The minimum Gasteiger partial charge on any atom is -0.394 e. The highest BCUT2D eigenvalue weighted by Crippen LogP contribution is 2.34. The minimum atomic E-state index is -1.54. The van der Waals surface area contributed by atoms with Crippen LogP contribution in [0.5, 0.6) is 0 Å². The van der Waals surface area contributed by atoms with Gasteiger partial charge in [0.25, 0.3) is 0 Å². The molecule has 0 saturated carbocycles. The Morgan fingerprint density at radius 2 is 1.18 bits per heavy atom. The lowest BCUT2D eigenvalue weighted by Gasteiger charge is -2.28. The van der Waals surface area contributed by atoms with E-state index in [2.05, 4.69) is 77.2 Å². The van der Waals surface area contributed by atoms with Crippen LogP contribution in [-0.2, 0) is 22.4 Å². The van der Waals surface area contributed by atoms with Crippen molar-refractivity contribution in [2.75, 3.05) is 39.6 Å². The zero-order valence-electron chi connectivity index (χ0n) is 33.4. The Morgan fingerprint density at radius 1 is 0.643 bits per heavy atom. The standard InChI is InChI=1S/C42H60N6O8/c1-7-27-23(3)31-13-32-25(5)29(9-11-39(55)47-41(17-49,18-50)19-51)37(45-32)16-38-30(10-12-40(56)48-42(20-52,21-53)22-54)26(6)34(46-38)15-36-28(8-2)24(4)33(44-36)14-35(27)43-31/h13-16,34-35,43-46,49-54H,7-12,17-22H2,1-6H3,(H,47,55)(H,48,56)/b31-13-,33-14-,36-15-,38-16-. The third kappa shape index (κ3) is 8.46. The van der Waals surface area contributed by atoms with Crippen LogP contribution in [0.1, 0.15) is 87.0 Å². The summed E-state index contributed by atoms with van der Waals surface area (Å²) in [5.41, 5.74) is 8.91. The monoisotopic (exact) mass is 776 g/mol. The number of carbonyl (C=O) groups excluding carboxylic acids is 2. The van der Waals surface area contributed by atoms with Crippen molar-refractivity contribution in [2.45, 2.75) is 103 Å². The number of aliphatic hydroxyl groups is 6. The molecule has 5 heterocycles. The van der Waals surface area contributed by atoms with E-state index in [1.165, 1.54) is 22.3 Å². The first-order valence-corrected chi connectivity index (χ1v) is 19.5. The molecule has 0 radical (unpaired) electrons.